The van der Waals surface area contributed by atoms with E-state index in [0.29, 0.717) is 58.0 Å². The monoisotopic (exact) mass is 909 g/mol. The maximum absolute atomic E-state index is 14.6. The third kappa shape index (κ3) is 12.8. The number of aliphatic carboxylic acids is 1. The van der Waals surface area contributed by atoms with Gasteiger partial charge in [-0.25, -0.2) is 4.79 Å². The second-order valence-electron chi connectivity index (χ2n) is 18.4. The number of carbonyl (C=O) groups excluding carboxylic acids is 7. The van der Waals surface area contributed by atoms with E-state index in [1.807, 2.05) is 33.8 Å². The Morgan fingerprint density at radius 1 is 0.908 bits per heavy atom. The number of carbonyl (C=O) groups is 8. The highest BCUT2D eigenvalue weighted by atomic mass is 16.5. The van der Waals surface area contributed by atoms with Gasteiger partial charge >= 0.3 is 5.97 Å². The largest absolute Gasteiger partial charge is 0.480 e. The molecule has 0 aromatic heterocycles. The molecule has 7 amide bonds. The van der Waals surface area contributed by atoms with E-state index >= 15 is 0 Å². The summed E-state index contributed by atoms with van der Waals surface area (Å²) < 4.78 is 11.9. The standard InChI is InChI=1S/C48H72N6O11/c1-10-31(4)42(36(64-8)29-40(58)52-26-16-20-35(52)43(65-9)32(5)44(59)49-34(46(61)62)28-33-18-12-11-13-19-33)51(7)45(60)41(30(2)3)50-47(63)48(6)24-17-27-54(48)39(57)21-14-15-25-53-37(55)22-23-38(53)56/h11-13,18-19,22-23,30-32,34-36,41-43H,10,14-17,20-21,24-29H2,1-9H3,(H,49,59)(H,50,63)(H,61,62)/t31?,32?,34?,35-,36?,41?,42?,43?,48-/m0/s1. The molecule has 360 valence electrons. The molecule has 3 heterocycles. The van der Waals surface area contributed by atoms with Gasteiger partial charge in [0, 0.05) is 65.9 Å². The maximum atomic E-state index is 14.6. The fourth-order valence-electron chi connectivity index (χ4n) is 9.62. The van der Waals surface area contributed by atoms with Crippen LogP contribution in [0.3, 0.4) is 0 Å². The number of methoxy groups -OCH3 is 2. The number of carboxylic acid groups (broad SMARTS) is 1. The molecule has 7 unspecified atom stereocenters. The molecule has 2 saturated heterocycles. The number of carboxylic acids is 1. The molecule has 4 rings (SSSR count). The third-order valence-corrected chi connectivity index (χ3v) is 13.7. The van der Waals surface area contributed by atoms with Crippen LogP contribution in [0.4, 0.5) is 0 Å². The van der Waals surface area contributed by atoms with Gasteiger partial charge in [0.2, 0.25) is 29.5 Å². The highest BCUT2D eigenvalue weighted by Crippen LogP contribution is 2.32. The number of likely N-dealkylation sites (N-methyl/N-ethyl adjacent to an activating group) is 1. The van der Waals surface area contributed by atoms with Crippen LogP contribution in [0.2, 0.25) is 0 Å². The molecule has 0 saturated carbocycles. The number of unbranched alkanes of at least 4 members (excludes halogenated alkanes) is 1. The van der Waals surface area contributed by atoms with Crippen molar-refractivity contribution < 1.29 is 52.9 Å². The molecular weight excluding hydrogens is 837 g/mol. The first-order chi connectivity index (χ1) is 30.8. The number of likely N-dealkylation sites (tertiary alicyclic amines) is 2. The number of hydrogen-bond donors (Lipinski definition) is 3. The molecule has 2 fully saturated rings. The van der Waals surface area contributed by atoms with Gasteiger partial charge in [-0.1, -0.05) is 71.4 Å². The summed E-state index contributed by atoms with van der Waals surface area (Å²) in [6.45, 7) is 12.0. The van der Waals surface area contributed by atoms with Crippen LogP contribution in [-0.2, 0) is 54.3 Å². The molecule has 0 spiro atoms. The Morgan fingerprint density at radius 3 is 2.15 bits per heavy atom. The molecule has 3 N–H and O–H groups in total. The first-order valence-electron chi connectivity index (χ1n) is 23.1. The van der Waals surface area contributed by atoms with Crippen molar-refractivity contribution in [2.75, 3.05) is 40.9 Å². The highest BCUT2D eigenvalue weighted by Gasteiger charge is 2.48. The normalized spacial score (nSPS) is 21.8. The lowest BCUT2D eigenvalue weighted by atomic mass is 9.89. The number of rotatable bonds is 24. The number of benzene rings is 1. The van der Waals surface area contributed by atoms with Crippen molar-refractivity contribution in [1.29, 1.82) is 0 Å². The predicted molar refractivity (Wildman–Crippen MR) is 242 cm³/mol. The second kappa shape index (κ2) is 23.9. The number of nitrogens with zero attached hydrogens (tertiary/aromatic N) is 4. The van der Waals surface area contributed by atoms with Crippen LogP contribution in [0.5, 0.6) is 0 Å². The van der Waals surface area contributed by atoms with Gasteiger partial charge in [-0.2, -0.15) is 0 Å². The Balaban J connectivity index is 1.43. The average molecular weight is 909 g/mol. The van der Waals surface area contributed by atoms with Crippen molar-refractivity contribution in [2.24, 2.45) is 17.8 Å². The zero-order chi connectivity index (χ0) is 48.2. The fraction of sp³-hybridized carbons (Fsp3) is 0.667. The smallest absolute Gasteiger partial charge is 0.326 e. The van der Waals surface area contributed by atoms with Crippen LogP contribution in [0.1, 0.15) is 105 Å². The summed E-state index contributed by atoms with van der Waals surface area (Å²) in [5.74, 6) is -4.93. The second-order valence-corrected chi connectivity index (χ2v) is 18.4. The zero-order valence-electron chi connectivity index (χ0n) is 39.7. The Kier molecular flexibility index (Phi) is 19.3. The van der Waals surface area contributed by atoms with Gasteiger partial charge < -0.3 is 39.9 Å². The van der Waals surface area contributed by atoms with Gasteiger partial charge in [0.1, 0.15) is 17.6 Å². The third-order valence-electron chi connectivity index (χ3n) is 13.7. The predicted octanol–water partition coefficient (Wildman–Crippen LogP) is 3.34. The van der Waals surface area contributed by atoms with E-state index < -0.39 is 65.6 Å². The summed E-state index contributed by atoms with van der Waals surface area (Å²) in [5, 5.41) is 15.6. The highest BCUT2D eigenvalue weighted by molar-refractivity contribution is 6.12. The molecule has 17 nitrogen and oxygen atoms in total. The lowest BCUT2D eigenvalue weighted by Crippen LogP contribution is -2.62. The van der Waals surface area contributed by atoms with Crippen LogP contribution in [0.25, 0.3) is 0 Å². The minimum atomic E-state index is -1.20. The van der Waals surface area contributed by atoms with Gasteiger partial charge in [-0.15, -0.1) is 0 Å². The van der Waals surface area contributed by atoms with Crippen LogP contribution in [0.15, 0.2) is 42.5 Å². The van der Waals surface area contributed by atoms with Crippen molar-refractivity contribution in [3.8, 4) is 0 Å². The Hall–Kier alpha value is -5.16. The number of nitrogens with one attached hydrogen (secondary N) is 2. The summed E-state index contributed by atoms with van der Waals surface area (Å²) >= 11 is 0. The first kappa shape index (κ1) is 52.5. The van der Waals surface area contributed by atoms with Crippen LogP contribution < -0.4 is 10.6 Å². The number of ether oxygens (including phenoxy) is 2. The molecule has 1 aromatic carbocycles. The van der Waals surface area contributed by atoms with Crippen molar-refractivity contribution >= 4 is 47.3 Å². The SMILES string of the molecule is CCC(C)C(C(CC(=O)N1CCC[C@H]1C(OC)C(C)C(=O)NC(Cc1ccccc1)C(=O)O)OC)N(C)C(=O)C(NC(=O)[C@]1(C)CCCN1C(=O)CCCCN1C(=O)C=CC1=O)C(C)C. The van der Waals surface area contributed by atoms with Crippen molar-refractivity contribution in [3.63, 3.8) is 0 Å². The summed E-state index contributed by atoms with van der Waals surface area (Å²) in [6, 6.07) is 5.86. The van der Waals surface area contributed by atoms with Gasteiger partial charge in [-0.3, -0.25) is 38.5 Å². The Labute approximate surface area is 384 Å². The Bertz CT molecular complexity index is 1870. The fourth-order valence-corrected chi connectivity index (χ4v) is 9.62. The number of imide groups is 1. The summed E-state index contributed by atoms with van der Waals surface area (Å²) in [7, 11) is 4.64. The molecule has 0 radical (unpaired) electrons. The topological polar surface area (TPSA) is 212 Å². The minimum Gasteiger partial charge on any atom is -0.480 e. The van der Waals surface area contributed by atoms with E-state index in [2.05, 4.69) is 10.6 Å². The summed E-state index contributed by atoms with van der Waals surface area (Å²) in [4.78, 5) is 112. The molecule has 9 atom stereocenters. The lowest BCUT2D eigenvalue weighted by Gasteiger charge is -2.41. The summed E-state index contributed by atoms with van der Waals surface area (Å²) in [6.07, 6.45) is 4.90. The van der Waals surface area contributed by atoms with Gasteiger partial charge in [-0.05, 0) is 62.8 Å². The molecule has 3 aliphatic rings. The van der Waals surface area contributed by atoms with Gasteiger partial charge in [0.15, 0.2) is 0 Å². The van der Waals surface area contributed by atoms with Gasteiger partial charge in [0.25, 0.3) is 11.8 Å². The van der Waals surface area contributed by atoms with E-state index in [1.165, 1.54) is 26.4 Å². The minimum absolute atomic E-state index is 0.0792. The van der Waals surface area contributed by atoms with Crippen LogP contribution in [0, 0.1) is 17.8 Å². The van der Waals surface area contributed by atoms with E-state index in [9.17, 15) is 43.5 Å². The molecule has 17 heteroatoms. The van der Waals surface area contributed by atoms with E-state index in [1.54, 1.807) is 59.9 Å². The molecule has 0 aliphatic carbocycles. The number of hydrogen-bond acceptors (Lipinski definition) is 10. The van der Waals surface area contributed by atoms with E-state index in [0.717, 1.165) is 10.5 Å². The molecule has 1 aromatic rings. The number of amides is 7. The van der Waals surface area contributed by atoms with E-state index in [4.69, 9.17) is 9.47 Å². The quantitative estimate of drug-likeness (QED) is 0.101. The molecule has 3 aliphatic heterocycles. The lowest BCUT2D eigenvalue weighted by molar-refractivity contribution is -0.150. The van der Waals surface area contributed by atoms with Crippen LogP contribution in [-0.4, -0.2) is 155 Å². The molecule has 65 heavy (non-hydrogen) atoms. The molecular formula is C48H72N6O11. The van der Waals surface area contributed by atoms with Gasteiger partial charge in [0.05, 0.1) is 36.6 Å². The van der Waals surface area contributed by atoms with Crippen molar-refractivity contribution in [2.45, 2.75) is 148 Å². The van der Waals surface area contributed by atoms with E-state index in [-0.39, 0.29) is 67.2 Å². The van der Waals surface area contributed by atoms with Crippen molar-refractivity contribution in [3.05, 3.63) is 48.0 Å². The zero-order valence-corrected chi connectivity index (χ0v) is 39.7. The van der Waals surface area contributed by atoms with Crippen LogP contribution >= 0.6 is 0 Å². The average Bonchev–Trinajstić information content (AvgIpc) is 4.02. The Morgan fingerprint density at radius 2 is 1.57 bits per heavy atom. The van der Waals surface area contributed by atoms with Crippen molar-refractivity contribution in [1.82, 2.24) is 30.2 Å². The first-order valence-corrected chi connectivity index (χ1v) is 23.1. The maximum Gasteiger partial charge on any atom is 0.326 e. The summed E-state index contributed by atoms with van der Waals surface area (Å²) in [5.41, 5.74) is -0.435. The molecule has 0 bridgehead atoms.